The van der Waals surface area contributed by atoms with E-state index < -0.39 is 5.97 Å². The zero-order valence-corrected chi connectivity index (χ0v) is 13.5. The highest BCUT2D eigenvalue weighted by Crippen LogP contribution is 2.28. The van der Waals surface area contributed by atoms with Crippen LogP contribution in [0.5, 0.6) is 0 Å². The quantitative estimate of drug-likeness (QED) is 0.786. The van der Waals surface area contributed by atoms with Crippen molar-refractivity contribution in [2.75, 3.05) is 18.6 Å². The second-order valence-corrected chi connectivity index (χ2v) is 5.12. The third-order valence-corrected chi connectivity index (χ3v) is 3.40. The number of para-hydroxylation sites is 1. The van der Waals surface area contributed by atoms with Crippen LogP contribution in [0.3, 0.4) is 0 Å². The molecule has 0 heterocycles. The maximum absolute atomic E-state index is 12.5. The highest BCUT2D eigenvalue weighted by Gasteiger charge is 2.24. The Kier molecular flexibility index (Phi) is 6.79. The first kappa shape index (κ1) is 17.9. The Hall–Kier alpha value is -2.14. The van der Waals surface area contributed by atoms with Gasteiger partial charge in [0.1, 0.15) is 0 Å². The van der Waals surface area contributed by atoms with Crippen molar-refractivity contribution >= 4 is 17.6 Å². The summed E-state index contributed by atoms with van der Waals surface area (Å²) >= 11 is 0. The molecule has 1 rings (SSSR count). The molecule has 1 aromatic rings. The lowest BCUT2D eigenvalue weighted by Crippen LogP contribution is -2.41. The van der Waals surface area contributed by atoms with E-state index in [0.29, 0.717) is 6.61 Å². The standard InChI is InChI=1S/C17H23NO4/c1-5-14-8-6-7-12(2)17(14)18(13(3)11-22-4)15(19)9-10-16(20)21/h6-10,13H,5,11H2,1-4H3,(H,20,21)/b10-9+/t13-/m1/s1. The molecular weight excluding hydrogens is 282 g/mol. The first-order valence-corrected chi connectivity index (χ1v) is 7.24. The van der Waals surface area contributed by atoms with E-state index in [0.717, 1.165) is 35.4 Å². The second-order valence-electron chi connectivity index (χ2n) is 5.12. The molecule has 5 heteroatoms. The number of rotatable bonds is 7. The molecule has 1 N–H and O–H groups in total. The molecule has 1 atom stereocenters. The summed E-state index contributed by atoms with van der Waals surface area (Å²) in [5.41, 5.74) is 2.84. The number of carbonyl (C=O) groups excluding carboxylic acids is 1. The highest BCUT2D eigenvalue weighted by atomic mass is 16.5. The SMILES string of the molecule is CCc1cccc(C)c1N(C(=O)/C=C/C(=O)O)[C@H](C)COC. The number of methoxy groups -OCH3 is 1. The number of nitrogens with zero attached hydrogens (tertiary/aromatic N) is 1. The smallest absolute Gasteiger partial charge is 0.328 e. The first-order valence-electron chi connectivity index (χ1n) is 7.24. The monoisotopic (exact) mass is 305 g/mol. The third kappa shape index (κ3) is 4.43. The van der Waals surface area contributed by atoms with Crippen LogP contribution in [0.4, 0.5) is 5.69 Å². The van der Waals surface area contributed by atoms with Crippen LogP contribution in [-0.2, 0) is 20.7 Å². The van der Waals surface area contributed by atoms with E-state index in [2.05, 4.69) is 0 Å². The van der Waals surface area contributed by atoms with Crippen molar-refractivity contribution in [1.82, 2.24) is 0 Å². The minimum atomic E-state index is -1.15. The van der Waals surface area contributed by atoms with E-state index in [1.165, 1.54) is 0 Å². The Morgan fingerprint density at radius 3 is 2.59 bits per heavy atom. The lowest BCUT2D eigenvalue weighted by atomic mass is 10.0. The average molecular weight is 305 g/mol. The summed E-state index contributed by atoms with van der Waals surface area (Å²) in [6.07, 6.45) is 2.72. The minimum Gasteiger partial charge on any atom is -0.478 e. The number of carboxylic acid groups (broad SMARTS) is 1. The zero-order chi connectivity index (χ0) is 16.7. The molecule has 1 amide bonds. The zero-order valence-electron chi connectivity index (χ0n) is 13.5. The summed E-state index contributed by atoms with van der Waals surface area (Å²) in [6.45, 7) is 6.20. The summed E-state index contributed by atoms with van der Waals surface area (Å²) in [5, 5.41) is 8.73. The Morgan fingerprint density at radius 2 is 2.05 bits per heavy atom. The maximum Gasteiger partial charge on any atom is 0.328 e. The number of anilines is 1. The van der Waals surface area contributed by atoms with Crippen LogP contribution in [-0.4, -0.2) is 36.7 Å². The van der Waals surface area contributed by atoms with Gasteiger partial charge in [0.05, 0.1) is 18.3 Å². The van der Waals surface area contributed by atoms with E-state index in [1.807, 2.05) is 39.0 Å². The second kappa shape index (κ2) is 8.34. The molecule has 5 nitrogen and oxygen atoms in total. The number of benzene rings is 1. The highest BCUT2D eigenvalue weighted by molar-refractivity contribution is 6.05. The normalized spacial score (nSPS) is 12.4. The third-order valence-electron chi connectivity index (χ3n) is 3.40. The predicted molar refractivity (Wildman–Crippen MR) is 86.2 cm³/mol. The molecule has 120 valence electrons. The van der Waals surface area contributed by atoms with Gasteiger partial charge in [-0.1, -0.05) is 25.1 Å². The number of carbonyl (C=O) groups is 2. The fraction of sp³-hybridized carbons (Fsp3) is 0.412. The van der Waals surface area contributed by atoms with Gasteiger partial charge in [0, 0.05) is 19.3 Å². The minimum absolute atomic E-state index is 0.206. The van der Waals surface area contributed by atoms with Crippen LogP contribution in [0.2, 0.25) is 0 Å². The summed E-state index contributed by atoms with van der Waals surface area (Å²) in [6, 6.07) is 5.66. The van der Waals surface area contributed by atoms with Gasteiger partial charge in [-0.2, -0.15) is 0 Å². The molecule has 0 saturated heterocycles. The molecule has 0 fully saturated rings. The molecule has 1 aromatic carbocycles. The van der Waals surface area contributed by atoms with Crippen molar-refractivity contribution in [2.24, 2.45) is 0 Å². The van der Waals surface area contributed by atoms with E-state index in [-0.39, 0.29) is 11.9 Å². The maximum atomic E-state index is 12.5. The van der Waals surface area contributed by atoms with Crippen molar-refractivity contribution in [1.29, 1.82) is 0 Å². The Bertz CT molecular complexity index is 566. The van der Waals surface area contributed by atoms with Gasteiger partial charge in [-0.3, -0.25) is 4.79 Å². The van der Waals surface area contributed by atoms with Gasteiger partial charge in [0.15, 0.2) is 0 Å². The van der Waals surface area contributed by atoms with E-state index in [4.69, 9.17) is 9.84 Å². The lowest BCUT2D eigenvalue weighted by Gasteiger charge is -2.31. The molecule has 0 aromatic heterocycles. The molecule has 0 radical (unpaired) electrons. The number of carboxylic acids is 1. The van der Waals surface area contributed by atoms with Gasteiger partial charge >= 0.3 is 5.97 Å². The molecule has 0 unspecified atom stereocenters. The Balaban J connectivity index is 3.32. The molecule has 22 heavy (non-hydrogen) atoms. The summed E-state index contributed by atoms with van der Waals surface area (Å²) in [4.78, 5) is 24.8. The van der Waals surface area contributed by atoms with Gasteiger partial charge < -0.3 is 14.7 Å². The summed E-state index contributed by atoms with van der Waals surface area (Å²) < 4.78 is 5.16. The molecule has 0 spiro atoms. The fourth-order valence-electron chi connectivity index (χ4n) is 2.44. The number of hydrogen-bond donors (Lipinski definition) is 1. The number of aliphatic carboxylic acids is 1. The molecule has 0 saturated carbocycles. The van der Waals surface area contributed by atoms with Crippen molar-refractivity contribution < 1.29 is 19.4 Å². The van der Waals surface area contributed by atoms with Crippen LogP contribution in [0.25, 0.3) is 0 Å². The number of ether oxygens (including phenoxy) is 1. The summed E-state index contributed by atoms with van der Waals surface area (Å²) in [7, 11) is 1.57. The van der Waals surface area contributed by atoms with Gasteiger partial charge in [0.2, 0.25) is 0 Å². The largest absolute Gasteiger partial charge is 0.478 e. The molecule has 0 aliphatic heterocycles. The molecular formula is C17H23NO4. The topological polar surface area (TPSA) is 66.8 Å². The van der Waals surface area contributed by atoms with E-state index in [1.54, 1.807) is 12.0 Å². The Labute approximate surface area is 131 Å². The van der Waals surface area contributed by atoms with Crippen molar-refractivity contribution in [3.63, 3.8) is 0 Å². The van der Waals surface area contributed by atoms with Crippen LogP contribution >= 0.6 is 0 Å². The van der Waals surface area contributed by atoms with E-state index in [9.17, 15) is 9.59 Å². The van der Waals surface area contributed by atoms with Crippen LogP contribution in [0, 0.1) is 6.92 Å². The predicted octanol–water partition coefficient (Wildman–Crippen LogP) is 2.57. The first-order chi connectivity index (χ1) is 10.4. The molecule has 0 aliphatic rings. The number of amides is 1. The van der Waals surface area contributed by atoms with Crippen molar-refractivity contribution in [2.45, 2.75) is 33.2 Å². The summed E-state index contributed by atoms with van der Waals surface area (Å²) in [5.74, 6) is -1.51. The van der Waals surface area contributed by atoms with Crippen molar-refractivity contribution in [3.8, 4) is 0 Å². The van der Waals surface area contributed by atoms with Gasteiger partial charge in [-0.15, -0.1) is 0 Å². The average Bonchev–Trinajstić information content (AvgIpc) is 2.47. The van der Waals surface area contributed by atoms with Gasteiger partial charge in [-0.05, 0) is 31.4 Å². The van der Waals surface area contributed by atoms with Crippen molar-refractivity contribution in [3.05, 3.63) is 41.5 Å². The fourth-order valence-corrected chi connectivity index (χ4v) is 2.44. The lowest BCUT2D eigenvalue weighted by molar-refractivity contribution is -0.131. The van der Waals surface area contributed by atoms with E-state index >= 15 is 0 Å². The van der Waals surface area contributed by atoms with Gasteiger partial charge in [-0.25, -0.2) is 4.79 Å². The Morgan fingerprint density at radius 1 is 1.36 bits per heavy atom. The van der Waals surface area contributed by atoms with Crippen LogP contribution in [0.15, 0.2) is 30.4 Å². The van der Waals surface area contributed by atoms with Gasteiger partial charge in [0.25, 0.3) is 5.91 Å². The molecule has 0 aliphatic carbocycles. The number of hydrogen-bond acceptors (Lipinski definition) is 3. The van der Waals surface area contributed by atoms with Crippen LogP contribution < -0.4 is 4.90 Å². The molecule has 0 bridgehead atoms. The van der Waals surface area contributed by atoms with Crippen LogP contribution in [0.1, 0.15) is 25.0 Å². The number of aryl methyl sites for hydroxylation is 2.